The van der Waals surface area contributed by atoms with Crippen molar-refractivity contribution >= 4 is 46.7 Å². The van der Waals surface area contributed by atoms with Crippen LogP contribution >= 0.6 is 40.7 Å². The smallest absolute Gasteiger partial charge is 0.229 e. The van der Waals surface area contributed by atoms with Gasteiger partial charge in [-0.2, -0.15) is 0 Å². The second kappa shape index (κ2) is 11.6. The number of piperidine rings is 1. The Hall–Kier alpha value is -1.18. The average molecular weight is 530 g/mol. The summed E-state index contributed by atoms with van der Waals surface area (Å²) in [6.07, 6.45) is 5.60. The Labute approximate surface area is 205 Å². The second-order valence-corrected chi connectivity index (χ2v) is 9.29. The van der Waals surface area contributed by atoms with Crippen LogP contribution in [0, 0.1) is 5.41 Å². The molecule has 1 atom stereocenters. The number of rotatable bonds is 6. The van der Waals surface area contributed by atoms with Crippen molar-refractivity contribution in [2.75, 3.05) is 26.2 Å². The molecule has 4 rings (SSSR count). The number of pyridine rings is 1. The summed E-state index contributed by atoms with van der Waals surface area (Å²) in [5, 5.41) is 0. The van der Waals surface area contributed by atoms with Gasteiger partial charge >= 0.3 is 0 Å². The number of benzene rings is 1. The molecule has 2 fully saturated rings. The van der Waals surface area contributed by atoms with E-state index in [2.05, 4.69) is 42.8 Å². The van der Waals surface area contributed by atoms with Gasteiger partial charge in [0.1, 0.15) is 0 Å². The molecule has 2 aromatic rings. The molecule has 3 heterocycles. The number of amides is 1. The van der Waals surface area contributed by atoms with Gasteiger partial charge in [-0.3, -0.25) is 9.78 Å². The lowest BCUT2D eigenvalue weighted by Gasteiger charge is -2.38. The number of carbonyl (C=O) groups is 1. The molecule has 2 aliphatic heterocycles. The molecular weight excluding hydrogens is 499 g/mol. The first-order valence-electron chi connectivity index (χ1n) is 10.5. The molecule has 2 N–H and O–H groups in total. The first kappa shape index (κ1) is 26.1. The van der Waals surface area contributed by atoms with Crippen molar-refractivity contribution in [1.82, 2.24) is 14.8 Å². The summed E-state index contributed by atoms with van der Waals surface area (Å²) >= 11 is 3.47. The highest BCUT2D eigenvalue weighted by Gasteiger charge is 2.47. The Morgan fingerprint density at radius 1 is 1.03 bits per heavy atom. The van der Waals surface area contributed by atoms with Crippen LogP contribution in [0.3, 0.4) is 0 Å². The highest BCUT2D eigenvalue weighted by molar-refractivity contribution is 9.10. The Kier molecular flexibility index (Phi) is 9.77. The average Bonchev–Trinajstić information content (AvgIpc) is 3.05. The van der Waals surface area contributed by atoms with Crippen LogP contribution < -0.4 is 5.73 Å². The quantitative estimate of drug-likeness (QED) is 0.594. The van der Waals surface area contributed by atoms with Crippen LogP contribution in [0.25, 0.3) is 0 Å². The fourth-order valence-electron chi connectivity index (χ4n) is 4.59. The molecule has 5 nitrogen and oxygen atoms in total. The third kappa shape index (κ3) is 6.20. The highest BCUT2D eigenvalue weighted by Crippen LogP contribution is 2.42. The van der Waals surface area contributed by atoms with Crippen molar-refractivity contribution in [3.63, 3.8) is 0 Å². The van der Waals surface area contributed by atoms with Crippen molar-refractivity contribution in [1.29, 1.82) is 0 Å². The lowest BCUT2D eigenvalue weighted by molar-refractivity contribution is -0.138. The van der Waals surface area contributed by atoms with E-state index in [1.807, 2.05) is 30.3 Å². The lowest BCUT2D eigenvalue weighted by atomic mass is 9.77. The van der Waals surface area contributed by atoms with Gasteiger partial charge in [0.25, 0.3) is 0 Å². The second-order valence-electron chi connectivity index (χ2n) is 8.37. The molecule has 0 aliphatic carbocycles. The summed E-state index contributed by atoms with van der Waals surface area (Å²) in [7, 11) is 0. The van der Waals surface area contributed by atoms with Gasteiger partial charge in [-0.15, -0.1) is 24.8 Å². The molecule has 31 heavy (non-hydrogen) atoms. The largest absolute Gasteiger partial charge is 0.338 e. The number of hydrogen-bond acceptors (Lipinski definition) is 4. The van der Waals surface area contributed by atoms with Gasteiger partial charge in [0.05, 0.1) is 11.1 Å². The molecule has 0 bridgehead atoms. The number of nitrogens with zero attached hydrogens (tertiary/aromatic N) is 3. The van der Waals surface area contributed by atoms with Gasteiger partial charge in [-0.05, 0) is 75.1 Å². The summed E-state index contributed by atoms with van der Waals surface area (Å²) in [6.45, 7) is 4.51. The van der Waals surface area contributed by atoms with Crippen LogP contribution in [0.5, 0.6) is 0 Å². The first-order valence-corrected chi connectivity index (χ1v) is 11.3. The number of carbonyl (C=O) groups excluding carboxylic acids is 1. The minimum Gasteiger partial charge on any atom is -0.338 e. The van der Waals surface area contributed by atoms with Crippen LogP contribution in [-0.2, 0) is 11.3 Å². The monoisotopic (exact) mass is 528 g/mol. The van der Waals surface area contributed by atoms with Gasteiger partial charge in [0.2, 0.25) is 5.91 Å². The Morgan fingerprint density at radius 2 is 1.71 bits per heavy atom. The Balaban J connectivity index is 0.00000171. The number of aromatic nitrogens is 1. The molecule has 1 aromatic carbocycles. The van der Waals surface area contributed by atoms with E-state index < -0.39 is 0 Å². The van der Waals surface area contributed by atoms with Crippen LogP contribution in [0.2, 0.25) is 0 Å². The van der Waals surface area contributed by atoms with E-state index in [0.29, 0.717) is 5.91 Å². The molecule has 1 amide bonds. The number of hydrogen-bond donors (Lipinski definition) is 1. The van der Waals surface area contributed by atoms with E-state index in [-0.39, 0.29) is 36.3 Å². The van der Waals surface area contributed by atoms with Crippen LogP contribution in [0.1, 0.15) is 43.0 Å². The molecule has 1 spiro atoms. The zero-order valence-corrected chi connectivity index (χ0v) is 20.8. The molecule has 8 heteroatoms. The molecule has 170 valence electrons. The standard InChI is InChI=1S/C23H29BrN4O.2ClH/c24-19-6-4-18(5-7-19)17-28-16-11-23(22(28)29)9-14-27(15-10-23)13-8-20(25)21-3-1-2-12-26-21;;/h1-7,12,20H,8-11,13-17,25H2;2*1H. The van der Waals surface area contributed by atoms with E-state index >= 15 is 0 Å². The first-order chi connectivity index (χ1) is 14.1. The topological polar surface area (TPSA) is 62.5 Å². The number of nitrogens with two attached hydrogens (primary N) is 1. The fourth-order valence-corrected chi connectivity index (χ4v) is 4.85. The molecule has 2 saturated heterocycles. The zero-order valence-electron chi connectivity index (χ0n) is 17.6. The van der Waals surface area contributed by atoms with E-state index in [0.717, 1.165) is 68.6 Å². The maximum absolute atomic E-state index is 13.2. The third-order valence-electron chi connectivity index (χ3n) is 6.53. The molecule has 0 saturated carbocycles. The summed E-state index contributed by atoms with van der Waals surface area (Å²) in [5.74, 6) is 0.352. The fraction of sp³-hybridized carbons (Fsp3) is 0.478. The van der Waals surface area contributed by atoms with Crippen molar-refractivity contribution < 1.29 is 4.79 Å². The van der Waals surface area contributed by atoms with Gasteiger partial charge in [0.15, 0.2) is 0 Å². The van der Waals surface area contributed by atoms with Crippen molar-refractivity contribution in [3.8, 4) is 0 Å². The van der Waals surface area contributed by atoms with Gasteiger partial charge in [-0.25, -0.2) is 0 Å². The normalized spacial score (nSPS) is 19.0. The van der Waals surface area contributed by atoms with Gasteiger partial charge < -0.3 is 15.5 Å². The lowest BCUT2D eigenvalue weighted by Crippen LogP contribution is -2.45. The predicted octanol–water partition coefficient (Wildman–Crippen LogP) is 4.59. The van der Waals surface area contributed by atoms with Crippen molar-refractivity contribution in [3.05, 3.63) is 64.4 Å². The molecule has 2 aliphatic rings. The highest BCUT2D eigenvalue weighted by atomic mass is 79.9. The predicted molar refractivity (Wildman–Crippen MR) is 133 cm³/mol. The van der Waals surface area contributed by atoms with Crippen LogP contribution in [0.4, 0.5) is 0 Å². The zero-order chi connectivity index (χ0) is 20.3. The summed E-state index contributed by atoms with van der Waals surface area (Å²) in [5.41, 5.74) is 8.30. The van der Waals surface area contributed by atoms with Crippen molar-refractivity contribution in [2.24, 2.45) is 11.1 Å². The molecule has 0 radical (unpaired) electrons. The number of likely N-dealkylation sites (tertiary alicyclic amines) is 2. The molecular formula is C23H31BrCl2N4O. The van der Waals surface area contributed by atoms with Crippen LogP contribution in [0.15, 0.2) is 53.1 Å². The van der Waals surface area contributed by atoms with E-state index in [1.165, 1.54) is 5.56 Å². The summed E-state index contributed by atoms with van der Waals surface area (Å²) < 4.78 is 1.07. The maximum Gasteiger partial charge on any atom is 0.229 e. The Bertz CT molecular complexity index is 829. The van der Waals surface area contributed by atoms with E-state index in [9.17, 15) is 4.79 Å². The van der Waals surface area contributed by atoms with Crippen molar-refractivity contribution in [2.45, 2.75) is 38.3 Å². The van der Waals surface area contributed by atoms with Crippen LogP contribution in [-0.4, -0.2) is 46.9 Å². The van der Waals surface area contributed by atoms with E-state index in [1.54, 1.807) is 6.20 Å². The van der Waals surface area contributed by atoms with Gasteiger partial charge in [0, 0.05) is 29.8 Å². The maximum atomic E-state index is 13.2. The molecule has 1 unspecified atom stereocenters. The SMILES string of the molecule is Cl.Cl.NC(CCN1CCC2(CC1)CCN(Cc1ccc(Br)cc1)C2=O)c1ccccn1. The Morgan fingerprint density at radius 3 is 2.35 bits per heavy atom. The van der Waals surface area contributed by atoms with E-state index in [4.69, 9.17) is 5.73 Å². The minimum atomic E-state index is -0.144. The summed E-state index contributed by atoms with van der Waals surface area (Å²) in [4.78, 5) is 22.1. The third-order valence-corrected chi connectivity index (χ3v) is 7.05. The summed E-state index contributed by atoms with van der Waals surface area (Å²) in [6, 6.07) is 14.1. The minimum absolute atomic E-state index is 0. The van der Waals surface area contributed by atoms with Gasteiger partial charge in [-0.1, -0.05) is 34.1 Å². The molecule has 1 aromatic heterocycles. The number of halogens is 3.